The predicted octanol–water partition coefficient (Wildman–Crippen LogP) is 1.75. The second-order valence-corrected chi connectivity index (χ2v) is 5.21. The third-order valence-corrected chi connectivity index (χ3v) is 3.64. The summed E-state index contributed by atoms with van der Waals surface area (Å²) < 4.78 is 5.68. The predicted molar refractivity (Wildman–Crippen MR) is 75.6 cm³/mol. The normalized spacial score (nSPS) is 17.4. The van der Waals surface area contributed by atoms with Crippen molar-refractivity contribution < 1.29 is 19.4 Å². The van der Waals surface area contributed by atoms with Gasteiger partial charge in [0.15, 0.2) is 0 Å². The van der Waals surface area contributed by atoms with E-state index in [0.717, 1.165) is 12.8 Å². The molecule has 0 bridgehead atoms. The molecule has 0 heterocycles. The molecule has 2 amide bonds. The lowest BCUT2D eigenvalue weighted by molar-refractivity contribution is -0.141. The smallest absolute Gasteiger partial charge is 0.314 e. The molecule has 0 spiro atoms. The van der Waals surface area contributed by atoms with Gasteiger partial charge in [0.05, 0.1) is 18.6 Å². The Morgan fingerprint density at radius 2 is 1.95 bits per heavy atom. The van der Waals surface area contributed by atoms with Gasteiger partial charge in [0, 0.05) is 13.1 Å². The lowest BCUT2D eigenvalue weighted by atomic mass is 9.98. The zero-order valence-electron chi connectivity index (χ0n) is 12.2. The van der Waals surface area contributed by atoms with Crippen LogP contribution in [-0.2, 0) is 9.53 Å². The minimum atomic E-state index is -0.881. The third-order valence-electron chi connectivity index (χ3n) is 3.64. The van der Waals surface area contributed by atoms with Gasteiger partial charge in [0.1, 0.15) is 0 Å². The summed E-state index contributed by atoms with van der Waals surface area (Å²) in [4.78, 5) is 22.3. The highest BCUT2D eigenvalue weighted by Crippen LogP contribution is 2.19. The summed E-state index contributed by atoms with van der Waals surface area (Å²) in [5, 5.41) is 14.1. The van der Waals surface area contributed by atoms with Crippen molar-refractivity contribution in [2.75, 3.05) is 19.7 Å². The molecule has 20 heavy (non-hydrogen) atoms. The van der Waals surface area contributed by atoms with Gasteiger partial charge in [-0.25, -0.2) is 4.79 Å². The first kappa shape index (κ1) is 16.8. The fourth-order valence-corrected chi connectivity index (χ4v) is 2.31. The molecule has 1 unspecified atom stereocenters. The van der Waals surface area contributed by atoms with Crippen LogP contribution in [0.3, 0.4) is 0 Å². The van der Waals surface area contributed by atoms with E-state index >= 15 is 0 Å². The zero-order valence-corrected chi connectivity index (χ0v) is 12.2. The van der Waals surface area contributed by atoms with Gasteiger partial charge in [-0.2, -0.15) is 0 Å². The van der Waals surface area contributed by atoms with Crippen molar-refractivity contribution in [1.29, 1.82) is 0 Å². The molecule has 0 aromatic rings. The van der Waals surface area contributed by atoms with E-state index in [9.17, 15) is 9.59 Å². The third kappa shape index (κ3) is 6.75. The van der Waals surface area contributed by atoms with Crippen molar-refractivity contribution in [3.8, 4) is 0 Å². The summed E-state index contributed by atoms with van der Waals surface area (Å²) >= 11 is 0. The Balaban J connectivity index is 2.03. The number of carboxylic acids is 1. The monoisotopic (exact) mass is 286 g/mol. The van der Waals surface area contributed by atoms with Crippen LogP contribution < -0.4 is 10.6 Å². The van der Waals surface area contributed by atoms with Gasteiger partial charge in [-0.1, -0.05) is 26.2 Å². The zero-order chi connectivity index (χ0) is 14.8. The molecule has 1 rings (SSSR count). The standard InChI is InChI=1S/C14H26N2O4/c1-2-11(13(17)18)10-16-14(19)15-8-9-20-12-6-4-3-5-7-12/h11-12H,2-10H2,1H3,(H,17,18)(H2,15,16,19). The van der Waals surface area contributed by atoms with E-state index in [1.54, 1.807) is 6.92 Å². The quantitative estimate of drug-likeness (QED) is 0.593. The molecule has 1 aliphatic rings. The average Bonchev–Trinajstić information content (AvgIpc) is 2.45. The van der Waals surface area contributed by atoms with Gasteiger partial charge < -0.3 is 20.5 Å². The molecule has 116 valence electrons. The van der Waals surface area contributed by atoms with E-state index in [2.05, 4.69) is 10.6 Å². The SMILES string of the molecule is CCC(CNC(=O)NCCOC1CCCCC1)C(=O)O. The molecule has 1 aliphatic carbocycles. The molecule has 0 radical (unpaired) electrons. The molecule has 0 aromatic heterocycles. The van der Waals surface area contributed by atoms with Crippen LogP contribution in [0.1, 0.15) is 45.4 Å². The first-order valence-corrected chi connectivity index (χ1v) is 7.49. The van der Waals surface area contributed by atoms with E-state index in [1.165, 1.54) is 19.3 Å². The van der Waals surface area contributed by atoms with Crippen LogP contribution in [0.4, 0.5) is 4.79 Å². The molecular formula is C14H26N2O4. The Hall–Kier alpha value is -1.30. The summed E-state index contributed by atoms with van der Waals surface area (Å²) in [6, 6.07) is -0.336. The van der Waals surface area contributed by atoms with Gasteiger partial charge in [0.25, 0.3) is 0 Å². The van der Waals surface area contributed by atoms with Crippen LogP contribution in [0.2, 0.25) is 0 Å². The number of aliphatic carboxylic acids is 1. The van der Waals surface area contributed by atoms with E-state index < -0.39 is 11.9 Å². The minimum absolute atomic E-state index is 0.154. The van der Waals surface area contributed by atoms with Crippen molar-refractivity contribution in [1.82, 2.24) is 10.6 Å². The molecule has 0 saturated heterocycles. The summed E-state index contributed by atoms with van der Waals surface area (Å²) in [5.74, 6) is -1.41. The second kappa shape index (κ2) is 9.58. The number of carboxylic acid groups (broad SMARTS) is 1. The summed E-state index contributed by atoms with van der Waals surface area (Å²) in [7, 11) is 0. The van der Waals surface area contributed by atoms with Crippen molar-refractivity contribution in [3.05, 3.63) is 0 Å². The largest absolute Gasteiger partial charge is 0.481 e. The molecule has 0 aliphatic heterocycles. The number of nitrogens with one attached hydrogen (secondary N) is 2. The number of urea groups is 1. The highest BCUT2D eigenvalue weighted by atomic mass is 16.5. The van der Waals surface area contributed by atoms with Crippen molar-refractivity contribution in [2.24, 2.45) is 5.92 Å². The van der Waals surface area contributed by atoms with E-state index in [-0.39, 0.29) is 12.6 Å². The van der Waals surface area contributed by atoms with Crippen LogP contribution in [0, 0.1) is 5.92 Å². The Bertz CT molecular complexity index is 304. The second-order valence-electron chi connectivity index (χ2n) is 5.21. The number of rotatable bonds is 8. The lowest BCUT2D eigenvalue weighted by Crippen LogP contribution is -2.41. The van der Waals surface area contributed by atoms with Crippen LogP contribution in [0.25, 0.3) is 0 Å². The van der Waals surface area contributed by atoms with Gasteiger partial charge in [-0.15, -0.1) is 0 Å². The summed E-state index contributed by atoms with van der Waals surface area (Å²) in [6.45, 7) is 2.90. The number of carbonyl (C=O) groups is 2. The Kier molecular flexibility index (Phi) is 8.02. The van der Waals surface area contributed by atoms with Gasteiger partial charge in [-0.05, 0) is 19.3 Å². The van der Waals surface area contributed by atoms with Gasteiger partial charge in [0.2, 0.25) is 0 Å². The molecule has 1 atom stereocenters. The number of carbonyl (C=O) groups excluding carboxylic acids is 1. The number of hydrogen-bond donors (Lipinski definition) is 3. The van der Waals surface area contributed by atoms with Crippen LogP contribution in [-0.4, -0.2) is 42.9 Å². The maximum Gasteiger partial charge on any atom is 0.314 e. The average molecular weight is 286 g/mol. The fourth-order valence-electron chi connectivity index (χ4n) is 2.31. The van der Waals surface area contributed by atoms with Crippen LogP contribution >= 0.6 is 0 Å². The Morgan fingerprint density at radius 3 is 2.55 bits per heavy atom. The van der Waals surface area contributed by atoms with Crippen molar-refractivity contribution in [3.63, 3.8) is 0 Å². The van der Waals surface area contributed by atoms with Gasteiger partial charge in [-0.3, -0.25) is 4.79 Å². The molecule has 6 nitrogen and oxygen atoms in total. The maximum absolute atomic E-state index is 11.5. The fraction of sp³-hybridized carbons (Fsp3) is 0.857. The van der Waals surface area contributed by atoms with E-state index in [4.69, 9.17) is 9.84 Å². The summed E-state index contributed by atoms with van der Waals surface area (Å²) in [6.07, 6.45) is 6.82. The Labute approximate surface area is 120 Å². The Morgan fingerprint density at radius 1 is 1.25 bits per heavy atom. The highest BCUT2D eigenvalue weighted by Gasteiger charge is 2.16. The first-order chi connectivity index (χ1) is 9.63. The van der Waals surface area contributed by atoms with Crippen molar-refractivity contribution >= 4 is 12.0 Å². The number of hydrogen-bond acceptors (Lipinski definition) is 3. The maximum atomic E-state index is 11.5. The molecule has 1 saturated carbocycles. The van der Waals surface area contributed by atoms with E-state index in [0.29, 0.717) is 25.7 Å². The van der Waals surface area contributed by atoms with Gasteiger partial charge >= 0.3 is 12.0 Å². The van der Waals surface area contributed by atoms with Crippen molar-refractivity contribution in [2.45, 2.75) is 51.6 Å². The first-order valence-electron chi connectivity index (χ1n) is 7.49. The number of ether oxygens (including phenoxy) is 1. The van der Waals surface area contributed by atoms with Crippen LogP contribution in [0.5, 0.6) is 0 Å². The molecular weight excluding hydrogens is 260 g/mol. The number of amides is 2. The molecule has 0 aromatic carbocycles. The summed E-state index contributed by atoms with van der Waals surface area (Å²) in [5.41, 5.74) is 0. The van der Waals surface area contributed by atoms with Crippen LogP contribution in [0.15, 0.2) is 0 Å². The molecule has 3 N–H and O–H groups in total. The molecule has 6 heteroatoms. The highest BCUT2D eigenvalue weighted by molar-refractivity contribution is 5.75. The topological polar surface area (TPSA) is 87.7 Å². The lowest BCUT2D eigenvalue weighted by Gasteiger charge is -2.22. The van der Waals surface area contributed by atoms with E-state index in [1.807, 2.05) is 0 Å². The minimum Gasteiger partial charge on any atom is -0.481 e. The molecule has 1 fully saturated rings.